The second-order valence-corrected chi connectivity index (χ2v) is 8.57. The lowest BCUT2D eigenvalue weighted by atomic mass is 10.1. The van der Waals surface area contributed by atoms with Gasteiger partial charge in [0.2, 0.25) is 0 Å². The summed E-state index contributed by atoms with van der Waals surface area (Å²) in [7, 11) is 1.58. The fraction of sp³-hybridized carbons (Fsp3) is 0.111. The molecule has 1 aromatic heterocycles. The Hall–Kier alpha value is -4.17. The molecule has 0 spiro atoms. The molecule has 0 fully saturated rings. The number of benzene rings is 3. The predicted molar refractivity (Wildman–Crippen MR) is 141 cm³/mol. The minimum atomic E-state index is -0.303. The molecule has 3 aromatic carbocycles. The van der Waals surface area contributed by atoms with Crippen molar-refractivity contribution in [1.82, 2.24) is 15.0 Å². The highest BCUT2D eigenvalue weighted by atomic mass is 32.2. The molecule has 0 aliphatic carbocycles. The number of carbonyl (C=O) groups is 1. The first kappa shape index (κ1) is 24.0. The average Bonchev–Trinajstić information content (AvgIpc) is 2.88. The lowest BCUT2D eigenvalue weighted by Gasteiger charge is -2.13. The zero-order valence-corrected chi connectivity index (χ0v) is 20.2. The highest BCUT2D eigenvalue weighted by Crippen LogP contribution is 2.22. The van der Waals surface area contributed by atoms with Crippen LogP contribution in [0, 0.1) is 0 Å². The number of nitrogens with zero attached hydrogens (tertiary/aromatic N) is 3. The average molecular weight is 485 g/mol. The summed E-state index contributed by atoms with van der Waals surface area (Å²) >= 11 is 1.17. The fourth-order valence-electron chi connectivity index (χ4n) is 3.39. The number of fused-ring (bicyclic) bond motifs is 1. The molecule has 8 heteroatoms. The van der Waals surface area contributed by atoms with Gasteiger partial charge in [0.05, 0.1) is 35.7 Å². The molecule has 176 valence electrons. The maximum absolute atomic E-state index is 13.3. The van der Waals surface area contributed by atoms with Crippen LogP contribution in [0.2, 0.25) is 0 Å². The SMILES string of the molecule is COc1ccc(-n2c(SCC(=O)NN=CC(C)=Cc3ccccc3)nc3ccccc3c2=O)cc1. The minimum absolute atomic E-state index is 0.0414. The Morgan fingerprint density at radius 3 is 2.51 bits per heavy atom. The van der Waals surface area contributed by atoms with Crippen LogP contribution in [-0.2, 0) is 4.79 Å². The van der Waals surface area contributed by atoms with Gasteiger partial charge >= 0.3 is 0 Å². The third kappa shape index (κ3) is 6.04. The number of thioether (sulfide) groups is 1. The van der Waals surface area contributed by atoms with E-state index in [1.165, 1.54) is 16.3 Å². The smallest absolute Gasteiger partial charge is 0.266 e. The van der Waals surface area contributed by atoms with Crippen molar-refractivity contribution < 1.29 is 9.53 Å². The van der Waals surface area contributed by atoms with Gasteiger partial charge < -0.3 is 4.74 Å². The van der Waals surface area contributed by atoms with Crippen LogP contribution in [0.25, 0.3) is 22.7 Å². The van der Waals surface area contributed by atoms with Crippen LogP contribution < -0.4 is 15.7 Å². The van der Waals surface area contributed by atoms with Crippen LogP contribution in [0.5, 0.6) is 5.75 Å². The van der Waals surface area contributed by atoms with Gasteiger partial charge in [-0.15, -0.1) is 0 Å². The Bertz CT molecular complexity index is 1450. The maximum Gasteiger partial charge on any atom is 0.266 e. The minimum Gasteiger partial charge on any atom is -0.497 e. The number of para-hydroxylation sites is 1. The first-order valence-electron chi connectivity index (χ1n) is 10.9. The maximum atomic E-state index is 13.3. The number of nitrogens with one attached hydrogen (secondary N) is 1. The molecular formula is C27H24N4O3S. The summed E-state index contributed by atoms with van der Waals surface area (Å²) in [4.78, 5) is 30.4. The fourth-order valence-corrected chi connectivity index (χ4v) is 4.19. The number of hydrogen-bond acceptors (Lipinski definition) is 6. The van der Waals surface area contributed by atoms with E-state index in [0.717, 1.165) is 11.1 Å². The molecule has 0 unspecified atom stereocenters. The molecule has 1 heterocycles. The molecule has 0 bridgehead atoms. The van der Waals surface area contributed by atoms with Crippen molar-refractivity contribution in [2.75, 3.05) is 12.9 Å². The van der Waals surface area contributed by atoms with Crippen molar-refractivity contribution >= 4 is 40.9 Å². The molecule has 1 N–H and O–H groups in total. The zero-order chi connectivity index (χ0) is 24.6. The number of hydrogen-bond donors (Lipinski definition) is 1. The molecule has 7 nitrogen and oxygen atoms in total. The Labute approximate surface area is 207 Å². The zero-order valence-electron chi connectivity index (χ0n) is 19.3. The Kier molecular flexibility index (Phi) is 7.74. The Balaban J connectivity index is 1.51. The summed E-state index contributed by atoms with van der Waals surface area (Å²) in [6.45, 7) is 1.91. The van der Waals surface area contributed by atoms with Crippen molar-refractivity contribution in [3.8, 4) is 11.4 Å². The standard InChI is InChI=1S/C27H24N4O3S/c1-19(16-20-8-4-3-5-9-20)17-28-30-25(32)18-35-27-29-24-11-7-6-10-23(24)26(33)31(27)21-12-14-22(34-2)15-13-21/h3-17H,18H2,1-2H3,(H,30,32). The number of hydrazone groups is 1. The van der Waals surface area contributed by atoms with E-state index in [2.05, 4.69) is 15.5 Å². The van der Waals surface area contributed by atoms with Gasteiger partial charge in [-0.25, -0.2) is 10.4 Å². The van der Waals surface area contributed by atoms with Crippen molar-refractivity contribution in [1.29, 1.82) is 0 Å². The van der Waals surface area contributed by atoms with Crippen molar-refractivity contribution in [2.24, 2.45) is 5.10 Å². The summed E-state index contributed by atoms with van der Waals surface area (Å²) in [5.74, 6) is 0.417. The first-order chi connectivity index (χ1) is 17.0. The first-order valence-corrected chi connectivity index (χ1v) is 11.9. The molecule has 0 atom stereocenters. The van der Waals surface area contributed by atoms with E-state index in [9.17, 15) is 9.59 Å². The lowest BCUT2D eigenvalue weighted by Crippen LogP contribution is -2.24. The highest BCUT2D eigenvalue weighted by molar-refractivity contribution is 7.99. The molecule has 0 saturated heterocycles. The van der Waals surface area contributed by atoms with E-state index in [1.807, 2.05) is 49.4 Å². The van der Waals surface area contributed by atoms with Gasteiger partial charge in [-0.3, -0.25) is 14.2 Å². The summed E-state index contributed by atoms with van der Waals surface area (Å²) < 4.78 is 6.73. The van der Waals surface area contributed by atoms with Gasteiger partial charge in [0.1, 0.15) is 5.75 Å². The molecule has 35 heavy (non-hydrogen) atoms. The predicted octanol–water partition coefficient (Wildman–Crippen LogP) is 4.69. The second-order valence-electron chi connectivity index (χ2n) is 7.63. The van der Waals surface area contributed by atoms with Crippen LogP contribution >= 0.6 is 11.8 Å². The van der Waals surface area contributed by atoms with Gasteiger partial charge in [0, 0.05) is 0 Å². The molecule has 4 rings (SSSR count). The van der Waals surface area contributed by atoms with E-state index >= 15 is 0 Å². The van der Waals surface area contributed by atoms with Crippen molar-refractivity contribution in [2.45, 2.75) is 12.1 Å². The Morgan fingerprint density at radius 2 is 1.77 bits per heavy atom. The molecular weight excluding hydrogens is 460 g/mol. The summed E-state index contributed by atoms with van der Waals surface area (Å²) in [6.07, 6.45) is 3.56. The third-order valence-corrected chi connectivity index (χ3v) is 6.00. The molecule has 0 radical (unpaired) electrons. The molecule has 4 aromatic rings. The van der Waals surface area contributed by atoms with Crippen LogP contribution in [0.4, 0.5) is 0 Å². The van der Waals surface area contributed by atoms with Crippen LogP contribution in [-0.4, -0.2) is 34.5 Å². The number of methoxy groups -OCH3 is 1. The highest BCUT2D eigenvalue weighted by Gasteiger charge is 2.15. The normalized spacial score (nSPS) is 11.7. The van der Waals surface area contributed by atoms with Crippen LogP contribution in [0.3, 0.4) is 0 Å². The van der Waals surface area contributed by atoms with E-state index in [4.69, 9.17) is 4.74 Å². The molecule has 0 aliphatic heterocycles. The van der Waals surface area contributed by atoms with Gasteiger partial charge in [-0.2, -0.15) is 5.10 Å². The monoisotopic (exact) mass is 484 g/mol. The van der Waals surface area contributed by atoms with E-state index in [1.54, 1.807) is 55.8 Å². The Morgan fingerprint density at radius 1 is 1.06 bits per heavy atom. The lowest BCUT2D eigenvalue weighted by molar-refractivity contribution is -0.118. The van der Waals surface area contributed by atoms with Crippen LogP contribution in [0.1, 0.15) is 12.5 Å². The number of amides is 1. The second kappa shape index (κ2) is 11.3. The van der Waals surface area contributed by atoms with Gasteiger partial charge in [0.25, 0.3) is 11.5 Å². The number of allylic oxidation sites excluding steroid dienone is 1. The summed E-state index contributed by atoms with van der Waals surface area (Å²) in [5.41, 5.74) is 5.49. The van der Waals surface area contributed by atoms with E-state index < -0.39 is 0 Å². The quantitative estimate of drug-likeness (QED) is 0.170. The van der Waals surface area contributed by atoms with E-state index in [0.29, 0.717) is 27.5 Å². The molecule has 1 amide bonds. The topological polar surface area (TPSA) is 85.6 Å². The molecule has 0 aliphatic rings. The number of carbonyl (C=O) groups excluding carboxylic acids is 1. The number of rotatable bonds is 8. The van der Waals surface area contributed by atoms with Gasteiger partial charge in [-0.1, -0.05) is 60.3 Å². The van der Waals surface area contributed by atoms with Crippen molar-refractivity contribution in [3.63, 3.8) is 0 Å². The summed E-state index contributed by atoms with van der Waals surface area (Å²) in [6, 6.07) is 24.1. The summed E-state index contributed by atoms with van der Waals surface area (Å²) in [5, 5.41) is 4.96. The van der Waals surface area contributed by atoms with E-state index in [-0.39, 0.29) is 17.2 Å². The van der Waals surface area contributed by atoms with Crippen molar-refractivity contribution in [3.05, 3.63) is 100 Å². The van der Waals surface area contributed by atoms with Gasteiger partial charge in [0.15, 0.2) is 5.16 Å². The largest absolute Gasteiger partial charge is 0.497 e. The molecule has 0 saturated carbocycles. The number of aromatic nitrogens is 2. The third-order valence-electron chi connectivity index (χ3n) is 5.06. The number of ether oxygens (including phenoxy) is 1. The van der Waals surface area contributed by atoms with Gasteiger partial charge in [-0.05, 0) is 54.5 Å². The van der Waals surface area contributed by atoms with Crippen LogP contribution in [0.15, 0.2) is 99.5 Å².